The highest BCUT2D eigenvalue weighted by Gasteiger charge is 2.29. The first kappa shape index (κ1) is 38.5. The summed E-state index contributed by atoms with van der Waals surface area (Å²) in [4.78, 5) is 49.2. The van der Waals surface area contributed by atoms with E-state index in [4.69, 9.17) is 38.8 Å². The number of nitrogens with zero attached hydrogens (tertiary/aromatic N) is 7. The number of anilines is 2. The Morgan fingerprint density at radius 3 is 2.48 bits per heavy atom. The van der Waals surface area contributed by atoms with E-state index in [1.54, 1.807) is 22.0 Å². The number of amidine groups is 1. The van der Waals surface area contributed by atoms with Gasteiger partial charge in [-0.15, -0.1) is 0 Å². The van der Waals surface area contributed by atoms with Gasteiger partial charge < -0.3 is 26.0 Å². The van der Waals surface area contributed by atoms with Crippen LogP contribution in [0.4, 0.5) is 11.5 Å². The Balaban J connectivity index is 0.883. The molecule has 14 nitrogen and oxygen atoms in total. The number of likely N-dealkylation sites (tertiary alicyclic amines) is 1. The second-order valence-corrected chi connectivity index (χ2v) is 14.7. The minimum atomic E-state index is -0.242. The van der Waals surface area contributed by atoms with Crippen LogP contribution >= 0.6 is 23.2 Å². The Kier molecular flexibility index (Phi) is 12.0. The summed E-state index contributed by atoms with van der Waals surface area (Å²) in [6, 6.07) is 22.3. The molecule has 0 radical (unpaired) electrons. The summed E-state index contributed by atoms with van der Waals surface area (Å²) in [5.41, 5.74) is 9.24. The van der Waals surface area contributed by atoms with Crippen molar-refractivity contribution >= 4 is 69.3 Å². The highest BCUT2D eigenvalue weighted by Crippen LogP contribution is 2.35. The number of nitrogens with one attached hydrogen (secondary N) is 2. The van der Waals surface area contributed by atoms with E-state index in [-0.39, 0.29) is 48.9 Å². The molecule has 4 heterocycles. The largest absolute Gasteiger partial charge is 0.457 e. The van der Waals surface area contributed by atoms with Gasteiger partial charge in [0.25, 0.3) is 0 Å². The second kappa shape index (κ2) is 17.4. The van der Waals surface area contributed by atoms with Crippen LogP contribution in [0.5, 0.6) is 11.5 Å². The van der Waals surface area contributed by atoms with Gasteiger partial charge in [0.1, 0.15) is 35.2 Å². The number of para-hydroxylation sites is 1. The summed E-state index contributed by atoms with van der Waals surface area (Å²) in [7, 11) is 0. The molecule has 5 aromatic rings. The Hall–Kier alpha value is -5.73. The molecule has 290 valence electrons. The predicted molar refractivity (Wildman–Crippen MR) is 217 cm³/mol. The summed E-state index contributed by atoms with van der Waals surface area (Å²) in [6.07, 6.45) is 3.76. The van der Waals surface area contributed by atoms with Crippen molar-refractivity contribution in [2.75, 3.05) is 36.9 Å². The van der Waals surface area contributed by atoms with E-state index in [1.165, 1.54) is 6.33 Å². The van der Waals surface area contributed by atoms with E-state index in [0.717, 1.165) is 29.8 Å². The fourth-order valence-corrected chi connectivity index (χ4v) is 7.15. The molecule has 0 saturated carbocycles. The molecule has 3 amide bonds. The van der Waals surface area contributed by atoms with Crippen molar-refractivity contribution in [2.45, 2.75) is 51.5 Å². The first-order chi connectivity index (χ1) is 27.1. The summed E-state index contributed by atoms with van der Waals surface area (Å²) in [6.45, 7) is 3.90. The first-order valence-electron chi connectivity index (χ1n) is 18.6. The molecule has 2 atom stereocenters. The zero-order valence-corrected chi connectivity index (χ0v) is 32.3. The molecule has 1 fully saturated rings. The third-order valence-electron chi connectivity index (χ3n) is 9.80. The number of halogens is 2. The number of aromatic nitrogens is 4. The molecule has 56 heavy (non-hydrogen) atoms. The van der Waals surface area contributed by atoms with Crippen molar-refractivity contribution in [3.8, 4) is 22.8 Å². The average molecular weight is 798 g/mol. The number of nitrogens with two attached hydrogens (primary N) is 1. The van der Waals surface area contributed by atoms with Crippen LogP contribution in [0.2, 0.25) is 10.0 Å². The SMILES string of the molecule is CC1CN(c2ccc(Cl)c(Cl)c2)N=C1NC(=O)CCCNC(=O)CCC(=O)N1CCC[C@@H](n2nc(-c3ccc(Oc4ccccc4)cc3)c3c(N)ncnc32)C1. The molecule has 2 aliphatic rings. The second-order valence-electron chi connectivity index (χ2n) is 13.9. The molecule has 3 aromatic carbocycles. The zero-order chi connectivity index (χ0) is 39.2. The van der Waals surface area contributed by atoms with Crippen molar-refractivity contribution in [3.63, 3.8) is 0 Å². The Bertz CT molecular complexity index is 2250. The number of ether oxygens (including phenoxy) is 1. The number of piperidine rings is 1. The number of hydrazone groups is 1. The van der Waals surface area contributed by atoms with Crippen molar-refractivity contribution < 1.29 is 19.1 Å². The highest BCUT2D eigenvalue weighted by atomic mass is 35.5. The van der Waals surface area contributed by atoms with Crippen LogP contribution in [0.1, 0.15) is 51.5 Å². The number of carbonyl (C=O) groups excluding carboxylic acids is 3. The number of benzene rings is 3. The van der Waals surface area contributed by atoms with Crippen LogP contribution in [0.15, 0.2) is 84.2 Å². The smallest absolute Gasteiger partial charge is 0.225 e. The van der Waals surface area contributed by atoms with Gasteiger partial charge in [-0.05, 0) is 73.9 Å². The molecule has 7 rings (SSSR count). The maximum Gasteiger partial charge on any atom is 0.225 e. The maximum atomic E-state index is 13.3. The van der Waals surface area contributed by atoms with Crippen LogP contribution in [-0.4, -0.2) is 74.4 Å². The van der Waals surface area contributed by atoms with E-state index in [9.17, 15) is 14.4 Å². The molecular formula is C40H42Cl2N10O4. The number of amides is 3. The lowest BCUT2D eigenvalue weighted by molar-refractivity contribution is -0.135. The van der Waals surface area contributed by atoms with Gasteiger partial charge in [0.05, 0.1) is 33.7 Å². The minimum absolute atomic E-state index is 0.00881. The molecule has 16 heteroatoms. The monoisotopic (exact) mass is 796 g/mol. The molecular weight excluding hydrogens is 755 g/mol. The topological polar surface area (TPSA) is 173 Å². The van der Waals surface area contributed by atoms with Gasteiger partial charge in [-0.25, -0.2) is 14.6 Å². The summed E-state index contributed by atoms with van der Waals surface area (Å²) in [5.74, 6) is 1.79. The van der Waals surface area contributed by atoms with E-state index < -0.39 is 0 Å². The van der Waals surface area contributed by atoms with Crippen LogP contribution in [0, 0.1) is 5.92 Å². The number of rotatable bonds is 12. The fraction of sp³-hybridized carbons (Fsp3) is 0.325. The quantitative estimate of drug-likeness (QED) is 0.118. The lowest BCUT2D eigenvalue weighted by atomic mass is 10.0. The van der Waals surface area contributed by atoms with Gasteiger partial charge in [-0.2, -0.15) is 10.2 Å². The number of hydrogen-bond acceptors (Lipinski definition) is 10. The number of carbonyl (C=O) groups is 3. The molecule has 4 N–H and O–H groups in total. The molecule has 1 saturated heterocycles. The average Bonchev–Trinajstić information content (AvgIpc) is 3.78. The van der Waals surface area contributed by atoms with Crippen molar-refractivity contribution in [2.24, 2.45) is 11.0 Å². The van der Waals surface area contributed by atoms with E-state index in [0.29, 0.717) is 76.8 Å². The van der Waals surface area contributed by atoms with Crippen molar-refractivity contribution in [1.29, 1.82) is 0 Å². The molecule has 2 aromatic heterocycles. The minimum Gasteiger partial charge on any atom is -0.457 e. The highest BCUT2D eigenvalue weighted by molar-refractivity contribution is 6.42. The molecule has 2 aliphatic heterocycles. The predicted octanol–water partition coefficient (Wildman–Crippen LogP) is 6.60. The molecule has 0 spiro atoms. The summed E-state index contributed by atoms with van der Waals surface area (Å²) in [5, 5.41) is 18.6. The first-order valence-corrected chi connectivity index (χ1v) is 19.4. The molecule has 0 bridgehead atoms. The number of hydrogen-bond donors (Lipinski definition) is 3. The lowest BCUT2D eigenvalue weighted by Crippen LogP contribution is -2.41. The number of nitrogen functional groups attached to an aromatic ring is 1. The standard InChI is InChI=1S/C40H42Cl2N10O4/c1-25-22-51(27-13-16-31(41)32(42)21-27)49-39(25)47-34(54)10-5-19-44-33(53)17-18-35(55)50-20-6-7-28(23-50)52-40-36(38(43)45-24-46-40)37(48-52)26-11-14-30(15-12-26)56-29-8-3-2-4-9-29/h2-4,8-9,11-16,21,24-25,28H,5-7,10,17-20,22-23H2,1H3,(H,44,53)(H2,43,45,46)(H,47,49,54)/t25?,28-/m1/s1. The molecule has 0 aliphatic carbocycles. The summed E-state index contributed by atoms with van der Waals surface area (Å²) < 4.78 is 7.81. The Morgan fingerprint density at radius 1 is 0.911 bits per heavy atom. The van der Waals surface area contributed by atoms with Crippen LogP contribution in [0.25, 0.3) is 22.3 Å². The van der Waals surface area contributed by atoms with Gasteiger partial charge in [0.15, 0.2) is 5.65 Å². The fourth-order valence-electron chi connectivity index (χ4n) is 6.86. The van der Waals surface area contributed by atoms with Crippen LogP contribution < -0.4 is 26.1 Å². The Morgan fingerprint density at radius 2 is 1.70 bits per heavy atom. The Labute approximate surface area is 334 Å². The van der Waals surface area contributed by atoms with Crippen molar-refractivity contribution in [3.05, 3.63) is 89.2 Å². The van der Waals surface area contributed by atoms with Gasteiger partial charge in [-0.3, -0.25) is 19.4 Å². The zero-order valence-electron chi connectivity index (χ0n) is 30.8. The van der Waals surface area contributed by atoms with Gasteiger partial charge in [0.2, 0.25) is 17.7 Å². The number of fused-ring (bicyclic) bond motifs is 1. The van der Waals surface area contributed by atoms with Gasteiger partial charge in [-0.1, -0.05) is 48.3 Å². The van der Waals surface area contributed by atoms with E-state index in [2.05, 4.69) is 25.7 Å². The molecule has 1 unspecified atom stereocenters. The van der Waals surface area contributed by atoms with E-state index >= 15 is 0 Å². The van der Waals surface area contributed by atoms with Crippen molar-refractivity contribution in [1.82, 2.24) is 35.3 Å². The van der Waals surface area contributed by atoms with Gasteiger partial charge >= 0.3 is 0 Å². The normalized spacial score (nSPS) is 16.8. The van der Waals surface area contributed by atoms with E-state index in [1.807, 2.05) is 72.3 Å². The van der Waals surface area contributed by atoms with Crippen LogP contribution in [-0.2, 0) is 14.4 Å². The third-order valence-corrected chi connectivity index (χ3v) is 10.5. The summed E-state index contributed by atoms with van der Waals surface area (Å²) >= 11 is 12.2. The lowest BCUT2D eigenvalue weighted by Gasteiger charge is -2.33. The maximum absolute atomic E-state index is 13.3. The third kappa shape index (κ3) is 9.03. The van der Waals surface area contributed by atoms with Gasteiger partial charge in [0, 0.05) is 50.4 Å². The van der Waals surface area contributed by atoms with Crippen LogP contribution in [0.3, 0.4) is 0 Å².